The van der Waals surface area contributed by atoms with E-state index in [0.717, 1.165) is 12.1 Å². The Morgan fingerprint density at radius 2 is 1.89 bits per heavy atom. The first-order valence-corrected chi connectivity index (χ1v) is 9.15. The third-order valence-electron chi connectivity index (χ3n) is 5.89. The summed E-state index contributed by atoms with van der Waals surface area (Å²) in [5.74, 6) is -2.18. The maximum absolute atomic E-state index is 13.1. The number of rotatable bonds is 1. The van der Waals surface area contributed by atoms with Crippen molar-refractivity contribution < 1.29 is 24.0 Å². The number of carbonyl (C=O) groups is 2. The fraction of sp³-hybridized carbons (Fsp3) is 0.579. The van der Waals surface area contributed by atoms with Crippen LogP contribution in [0.15, 0.2) is 18.2 Å². The molecule has 0 aromatic heterocycles. The minimum absolute atomic E-state index is 0.0473. The van der Waals surface area contributed by atoms with Crippen LogP contribution in [0.25, 0.3) is 0 Å². The van der Waals surface area contributed by atoms with E-state index in [2.05, 4.69) is 6.92 Å². The molecular weight excluding hydrogens is 352 g/mol. The monoisotopic (exact) mass is 374 g/mol. The van der Waals surface area contributed by atoms with E-state index in [0.29, 0.717) is 24.4 Å². The zero-order valence-corrected chi connectivity index (χ0v) is 15.6. The second-order valence-electron chi connectivity index (χ2n) is 8.24. The van der Waals surface area contributed by atoms with Crippen molar-refractivity contribution in [2.75, 3.05) is 11.4 Å². The summed E-state index contributed by atoms with van der Waals surface area (Å²) in [4.78, 5) is 39.0. The Morgan fingerprint density at radius 3 is 2.52 bits per heavy atom. The van der Waals surface area contributed by atoms with E-state index in [1.165, 1.54) is 26.0 Å². The molecule has 4 rings (SSSR count). The second kappa shape index (κ2) is 5.68. The molecule has 27 heavy (non-hydrogen) atoms. The molecule has 144 valence electrons. The third kappa shape index (κ3) is 2.57. The molecule has 3 heterocycles. The van der Waals surface area contributed by atoms with Gasteiger partial charge in [-0.1, -0.05) is 6.92 Å². The van der Waals surface area contributed by atoms with E-state index in [9.17, 15) is 19.7 Å². The van der Waals surface area contributed by atoms with Gasteiger partial charge in [0.15, 0.2) is 5.41 Å². The van der Waals surface area contributed by atoms with Gasteiger partial charge in [-0.25, -0.2) is 0 Å². The maximum Gasteiger partial charge on any atom is 0.329 e. The summed E-state index contributed by atoms with van der Waals surface area (Å²) in [6, 6.07) is 4.25. The number of nitro groups is 1. The molecule has 0 bridgehead atoms. The Balaban J connectivity index is 1.87. The maximum atomic E-state index is 13.1. The number of carbonyl (C=O) groups excluding carboxylic acids is 2. The molecule has 1 spiro atoms. The summed E-state index contributed by atoms with van der Waals surface area (Å²) in [7, 11) is 0. The number of hydrogen-bond donors (Lipinski definition) is 0. The van der Waals surface area contributed by atoms with E-state index in [-0.39, 0.29) is 18.2 Å². The van der Waals surface area contributed by atoms with Crippen LogP contribution in [0.1, 0.15) is 39.2 Å². The largest absolute Gasteiger partial charge is 0.422 e. The molecule has 3 aliphatic heterocycles. The van der Waals surface area contributed by atoms with Crippen molar-refractivity contribution in [3.8, 4) is 0 Å². The SMILES string of the molecule is C[C@H]1CCN2c3ccc([N+](=O)[O-])cc3CC3(C(=O)OC(C)(C)OC3=O)[C@@H]2C1. The number of esters is 2. The molecule has 0 amide bonds. The normalized spacial score (nSPS) is 28.0. The molecule has 0 radical (unpaired) electrons. The predicted octanol–water partition coefficient (Wildman–Crippen LogP) is 2.58. The minimum Gasteiger partial charge on any atom is -0.422 e. The van der Waals surface area contributed by atoms with Crippen LogP contribution in [0.3, 0.4) is 0 Å². The lowest BCUT2D eigenvalue weighted by molar-refractivity contribution is -0.384. The van der Waals surface area contributed by atoms with Crippen LogP contribution in [0.5, 0.6) is 0 Å². The van der Waals surface area contributed by atoms with Gasteiger partial charge in [-0.05, 0) is 30.4 Å². The predicted molar refractivity (Wildman–Crippen MR) is 95.0 cm³/mol. The summed E-state index contributed by atoms with van der Waals surface area (Å²) in [5.41, 5.74) is -0.116. The first-order valence-electron chi connectivity index (χ1n) is 9.15. The summed E-state index contributed by atoms with van der Waals surface area (Å²) in [6.45, 7) is 5.82. The molecule has 8 heteroatoms. The quantitative estimate of drug-likeness (QED) is 0.322. The zero-order chi connectivity index (χ0) is 19.6. The fourth-order valence-corrected chi connectivity index (χ4v) is 4.57. The van der Waals surface area contributed by atoms with Crippen LogP contribution in [0.2, 0.25) is 0 Å². The first-order chi connectivity index (χ1) is 12.6. The van der Waals surface area contributed by atoms with Crippen molar-refractivity contribution in [1.82, 2.24) is 0 Å². The van der Waals surface area contributed by atoms with Crippen molar-refractivity contribution in [2.45, 2.75) is 51.9 Å². The van der Waals surface area contributed by atoms with Gasteiger partial charge in [0.05, 0.1) is 11.0 Å². The highest BCUT2D eigenvalue weighted by atomic mass is 16.7. The molecule has 3 aliphatic rings. The molecule has 0 saturated carbocycles. The van der Waals surface area contributed by atoms with Crippen molar-refractivity contribution >= 4 is 23.3 Å². The van der Waals surface area contributed by atoms with E-state index < -0.39 is 28.1 Å². The number of nitrogens with zero attached hydrogens (tertiary/aromatic N) is 2. The number of nitro benzene ring substituents is 1. The van der Waals surface area contributed by atoms with Crippen LogP contribution < -0.4 is 4.90 Å². The molecule has 2 atom stereocenters. The molecule has 1 aromatic carbocycles. The summed E-state index contributed by atoms with van der Waals surface area (Å²) >= 11 is 0. The lowest BCUT2D eigenvalue weighted by Crippen LogP contribution is -2.67. The summed E-state index contributed by atoms with van der Waals surface area (Å²) in [5, 5.41) is 11.2. The molecule has 2 fully saturated rings. The first kappa shape index (κ1) is 17.8. The number of piperidine rings is 1. The van der Waals surface area contributed by atoms with Gasteiger partial charge in [-0.15, -0.1) is 0 Å². The van der Waals surface area contributed by atoms with Crippen LogP contribution in [-0.4, -0.2) is 35.2 Å². The van der Waals surface area contributed by atoms with Crippen LogP contribution >= 0.6 is 0 Å². The van der Waals surface area contributed by atoms with Gasteiger partial charge in [0.2, 0.25) is 0 Å². The van der Waals surface area contributed by atoms with E-state index in [1.807, 2.05) is 4.90 Å². The lowest BCUT2D eigenvalue weighted by Gasteiger charge is -2.54. The Morgan fingerprint density at radius 1 is 1.22 bits per heavy atom. The van der Waals surface area contributed by atoms with Gasteiger partial charge in [0, 0.05) is 44.6 Å². The average molecular weight is 374 g/mol. The van der Waals surface area contributed by atoms with Crippen molar-refractivity contribution in [3.05, 3.63) is 33.9 Å². The highest BCUT2D eigenvalue weighted by Crippen LogP contribution is 2.50. The van der Waals surface area contributed by atoms with Crippen molar-refractivity contribution in [3.63, 3.8) is 0 Å². The number of ether oxygens (including phenoxy) is 2. The smallest absolute Gasteiger partial charge is 0.329 e. The molecular formula is C19H22N2O6. The highest BCUT2D eigenvalue weighted by molar-refractivity contribution is 6.04. The molecule has 0 unspecified atom stereocenters. The standard InChI is InChI=1S/C19H22N2O6/c1-11-6-7-20-14-5-4-13(21(24)25)9-12(14)10-19(15(20)8-11)16(22)26-18(2,3)27-17(19)23/h4-5,9,11,15H,6-8,10H2,1-3H3/t11-,15-/m0/s1. The van der Waals surface area contributed by atoms with Crippen molar-refractivity contribution in [1.29, 1.82) is 0 Å². The van der Waals surface area contributed by atoms with Crippen LogP contribution in [0.4, 0.5) is 11.4 Å². The minimum atomic E-state index is -1.49. The van der Waals surface area contributed by atoms with Gasteiger partial charge in [-0.2, -0.15) is 0 Å². The van der Waals surface area contributed by atoms with Gasteiger partial charge in [-0.3, -0.25) is 19.7 Å². The average Bonchev–Trinajstić information content (AvgIpc) is 2.58. The summed E-state index contributed by atoms with van der Waals surface area (Å²) < 4.78 is 10.9. The number of hydrogen-bond acceptors (Lipinski definition) is 7. The lowest BCUT2D eigenvalue weighted by atomic mass is 9.66. The van der Waals surface area contributed by atoms with Crippen LogP contribution in [0, 0.1) is 21.4 Å². The fourth-order valence-electron chi connectivity index (χ4n) is 4.57. The molecule has 1 aromatic rings. The molecule has 2 saturated heterocycles. The number of fused-ring (bicyclic) bond motifs is 4. The number of anilines is 1. The van der Waals surface area contributed by atoms with E-state index in [1.54, 1.807) is 6.07 Å². The molecule has 0 aliphatic carbocycles. The second-order valence-corrected chi connectivity index (χ2v) is 8.24. The van der Waals surface area contributed by atoms with E-state index >= 15 is 0 Å². The molecule has 8 nitrogen and oxygen atoms in total. The number of cyclic esters (lactones) is 2. The Bertz CT molecular complexity index is 829. The Labute approximate surface area is 156 Å². The molecule has 0 N–H and O–H groups in total. The highest BCUT2D eigenvalue weighted by Gasteiger charge is 2.64. The third-order valence-corrected chi connectivity index (χ3v) is 5.89. The Kier molecular flexibility index (Phi) is 3.73. The van der Waals surface area contributed by atoms with Gasteiger partial charge >= 0.3 is 11.9 Å². The number of benzene rings is 1. The zero-order valence-electron chi connectivity index (χ0n) is 15.6. The van der Waals surface area contributed by atoms with Gasteiger partial charge < -0.3 is 14.4 Å². The number of non-ortho nitro benzene ring substituents is 1. The van der Waals surface area contributed by atoms with E-state index in [4.69, 9.17) is 9.47 Å². The topological polar surface area (TPSA) is 99.0 Å². The van der Waals surface area contributed by atoms with Crippen molar-refractivity contribution in [2.24, 2.45) is 11.3 Å². The van der Waals surface area contributed by atoms with Gasteiger partial charge in [0.1, 0.15) is 0 Å². The summed E-state index contributed by atoms with van der Waals surface area (Å²) in [6.07, 6.45) is 1.62. The van der Waals surface area contributed by atoms with Gasteiger partial charge in [0.25, 0.3) is 11.5 Å². The van der Waals surface area contributed by atoms with Crippen LogP contribution in [-0.2, 0) is 25.5 Å². The Hall–Kier alpha value is -2.64.